The maximum absolute atomic E-state index is 12.5. The van der Waals surface area contributed by atoms with Crippen molar-refractivity contribution in [3.63, 3.8) is 0 Å². The number of carbonyl (C=O) groups is 2. The number of carbonyl (C=O) groups excluding carboxylic acids is 2. The van der Waals surface area contributed by atoms with Crippen LogP contribution in [0.25, 0.3) is 0 Å². The zero-order valence-electron chi connectivity index (χ0n) is 15.4. The van der Waals surface area contributed by atoms with E-state index < -0.39 is 0 Å². The van der Waals surface area contributed by atoms with E-state index in [-0.39, 0.29) is 17.9 Å². The van der Waals surface area contributed by atoms with Crippen LogP contribution in [0.1, 0.15) is 28.9 Å². The van der Waals surface area contributed by atoms with E-state index in [2.05, 4.69) is 10.2 Å². The molecule has 0 saturated carbocycles. The van der Waals surface area contributed by atoms with Crippen LogP contribution in [0.5, 0.6) is 0 Å². The average Bonchev–Trinajstić information content (AvgIpc) is 2.69. The van der Waals surface area contributed by atoms with Crippen molar-refractivity contribution in [1.29, 1.82) is 0 Å². The van der Waals surface area contributed by atoms with Crippen molar-refractivity contribution in [2.45, 2.75) is 13.0 Å². The third-order valence-corrected chi connectivity index (χ3v) is 5.14. The molecule has 1 aliphatic rings. The molecule has 142 valence electrons. The van der Waals surface area contributed by atoms with Gasteiger partial charge in [0.2, 0.25) is 5.91 Å². The molecule has 27 heavy (non-hydrogen) atoms. The molecule has 0 aromatic heterocycles. The lowest BCUT2D eigenvalue weighted by Crippen LogP contribution is -2.51. The van der Waals surface area contributed by atoms with E-state index in [9.17, 15) is 9.59 Å². The Bertz CT molecular complexity index is 789. The quantitative estimate of drug-likeness (QED) is 0.860. The summed E-state index contributed by atoms with van der Waals surface area (Å²) in [5.41, 5.74) is 1.61. The van der Waals surface area contributed by atoms with Crippen LogP contribution in [0.4, 0.5) is 0 Å². The third kappa shape index (κ3) is 5.08. The standard InChI is InChI=1S/C21H24ClN3O2/c1-16(18-9-5-6-10-19(18)22)23-20(26)15-24-11-13-25(14-12-24)21(27)17-7-3-2-4-8-17/h2-10,16H,11-15H2,1H3,(H,23,26)/t16-/m1/s1. The van der Waals surface area contributed by atoms with Crippen LogP contribution >= 0.6 is 11.6 Å². The van der Waals surface area contributed by atoms with E-state index in [4.69, 9.17) is 11.6 Å². The lowest BCUT2D eigenvalue weighted by atomic mass is 10.1. The molecule has 1 N–H and O–H groups in total. The number of amides is 2. The molecule has 0 spiro atoms. The smallest absolute Gasteiger partial charge is 0.253 e. The van der Waals surface area contributed by atoms with E-state index in [1.54, 1.807) is 0 Å². The van der Waals surface area contributed by atoms with Gasteiger partial charge in [0.15, 0.2) is 0 Å². The van der Waals surface area contributed by atoms with Crippen molar-refractivity contribution in [2.24, 2.45) is 0 Å². The fraction of sp³-hybridized carbons (Fsp3) is 0.333. The Morgan fingerprint density at radius 3 is 2.30 bits per heavy atom. The molecular formula is C21H24ClN3O2. The zero-order chi connectivity index (χ0) is 19.2. The number of rotatable bonds is 5. The first-order valence-electron chi connectivity index (χ1n) is 9.15. The molecule has 0 bridgehead atoms. The summed E-state index contributed by atoms with van der Waals surface area (Å²) in [6.45, 7) is 4.87. The van der Waals surface area contributed by atoms with Gasteiger partial charge in [-0.3, -0.25) is 14.5 Å². The second-order valence-corrected chi connectivity index (χ2v) is 7.15. The fourth-order valence-electron chi connectivity index (χ4n) is 3.27. The molecule has 5 nitrogen and oxygen atoms in total. The van der Waals surface area contributed by atoms with Crippen LogP contribution in [0.2, 0.25) is 5.02 Å². The number of nitrogens with one attached hydrogen (secondary N) is 1. The van der Waals surface area contributed by atoms with E-state index in [1.165, 1.54) is 0 Å². The molecule has 0 aliphatic carbocycles. The Labute approximate surface area is 164 Å². The molecule has 1 fully saturated rings. The van der Waals surface area contributed by atoms with Crippen LogP contribution in [-0.4, -0.2) is 54.3 Å². The molecule has 0 unspecified atom stereocenters. The van der Waals surface area contributed by atoms with Gasteiger partial charge in [-0.15, -0.1) is 0 Å². The molecule has 1 saturated heterocycles. The predicted molar refractivity (Wildman–Crippen MR) is 107 cm³/mol. The first kappa shape index (κ1) is 19.4. The normalized spacial score (nSPS) is 16.0. The highest BCUT2D eigenvalue weighted by molar-refractivity contribution is 6.31. The summed E-state index contributed by atoms with van der Waals surface area (Å²) in [6.07, 6.45) is 0. The molecule has 2 amide bonds. The minimum atomic E-state index is -0.146. The van der Waals surface area contributed by atoms with Gasteiger partial charge in [-0.2, -0.15) is 0 Å². The molecule has 3 rings (SSSR count). The van der Waals surface area contributed by atoms with Crippen LogP contribution in [0.15, 0.2) is 54.6 Å². The van der Waals surface area contributed by atoms with Crippen LogP contribution in [-0.2, 0) is 4.79 Å². The second-order valence-electron chi connectivity index (χ2n) is 6.75. The number of hydrogen-bond donors (Lipinski definition) is 1. The maximum atomic E-state index is 12.5. The average molecular weight is 386 g/mol. The summed E-state index contributed by atoms with van der Waals surface area (Å²) in [4.78, 5) is 28.8. The summed E-state index contributed by atoms with van der Waals surface area (Å²) >= 11 is 6.19. The van der Waals surface area contributed by atoms with Gasteiger partial charge >= 0.3 is 0 Å². The summed E-state index contributed by atoms with van der Waals surface area (Å²) in [6, 6.07) is 16.7. The van der Waals surface area contributed by atoms with Crippen LogP contribution < -0.4 is 5.32 Å². The van der Waals surface area contributed by atoms with Crippen molar-refractivity contribution < 1.29 is 9.59 Å². The Morgan fingerprint density at radius 1 is 1.00 bits per heavy atom. The monoisotopic (exact) mass is 385 g/mol. The largest absolute Gasteiger partial charge is 0.348 e. The summed E-state index contributed by atoms with van der Waals surface area (Å²) in [5, 5.41) is 3.65. The fourth-order valence-corrected chi connectivity index (χ4v) is 3.57. The SMILES string of the molecule is C[C@@H](NC(=O)CN1CCN(C(=O)c2ccccc2)CC1)c1ccccc1Cl. The molecule has 0 radical (unpaired) electrons. The molecule has 1 heterocycles. The van der Waals surface area contributed by atoms with Gasteiger partial charge in [-0.1, -0.05) is 48.0 Å². The van der Waals surface area contributed by atoms with Gasteiger partial charge in [0.25, 0.3) is 5.91 Å². The first-order chi connectivity index (χ1) is 13.0. The maximum Gasteiger partial charge on any atom is 0.253 e. The Morgan fingerprint density at radius 2 is 1.63 bits per heavy atom. The first-order valence-corrected chi connectivity index (χ1v) is 9.53. The van der Waals surface area contributed by atoms with E-state index in [0.29, 0.717) is 43.3 Å². The van der Waals surface area contributed by atoms with Crippen molar-refractivity contribution >= 4 is 23.4 Å². The van der Waals surface area contributed by atoms with E-state index in [0.717, 1.165) is 5.56 Å². The minimum Gasteiger partial charge on any atom is -0.348 e. The molecule has 2 aromatic carbocycles. The number of benzene rings is 2. The minimum absolute atomic E-state index is 0.0368. The van der Waals surface area contributed by atoms with Gasteiger partial charge < -0.3 is 10.2 Å². The Hall–Kier alpha value is -2.37. The topological polar surface area (TPSA) is 52.7 Å². The molecule has 6 heteroatoms. The zero-order valence-corrected chi connectivity index (χ0v) is 16.2. The second kappa shape index (κ2) is 9.02. The number of hydrogen-bond acceptors (Lipinski definition) is 3. The lowest BCUT2D eigenvalue weighted by molar-refractivity contribution is -0.123. The molecule has 2 aromatic rings. The molecular weight excluding hydrogens is 362 g/mol. The van der Waals surface area contributed by atoms with E-state index in [1.807, 2.05) is 66.4 Å². The van der Waals surface area contributed by atoms with E-state index >= 15 is 0 Å². The van der Waals surface area contributed by atoms with Gasteiger partial charge in [-0.25, -0.2) is 0 Å². The van der Waals surface area contributed by atoms with Gasteiger partial charge in [0, 0.05) is 36.8 Å². The summed E-state index contributed by atoms with van der Waals surface area (Å²) in [5.74, 6) is 0.0114. The van der Waals surface area contributed by atoms with Crippen molar-refractivity contribution in [1.82, 2.24) is 15.1 Å². The van der Waals surface area contributed by atoms with Crippen molar-refractivity contribution in [3.05, 3.63) is 70.7 Å². The Balaban J connectivity index is 1.47. The van der Waals surface area contributed by atoms with Crippen LogP contribution in [0, 0.1) is 0 Å². The lowest BCUT2D eigenvalue weighted by Gasteiger charge is -2.34. The van der Waals surface area contributed by atoms with Crippen LogP contribution in [0.3, 0.4) is 0 Å². The van der Waals surface area contributed by atoms with Gasteiger partial charge in [0.05, 0.1) is 12.6 Å². The predicted octanol–water partition coefficient (Wildman–Crippen LogP) is 2.98. The van der Waals surface area contributed by atoms with Crippen molar-refractivity contribution in [2.75, 3.05) is 32.7 Å². The van der Waals surface area contributed by atoms with Crippen molar-refractivity contribution in [3.8, 4) is 0 Å². The van der Waals surface area contributed by atoms with Gasteiger partial charge in [0.1, 0.15) is 0 Å². The number of halogens is 1. The summed E-state index contributed by atoms with van der Waals surface area (Å²) in [7, 11) is 0. The highest BCUT2D eigenvalue weighted by atomic mass is 35.5. The highest BCUT2D eigenvalue weighted by Gasteiger charge is 2.23. The number of nitrogens with zero attached hydrogens (tertiary/aromatic N) is 2. The number of piperazine rings is 1. The third-order valence-electron chi connectivity index (χ3n) is 4.80. The molecule has 1 atom stereocenters. The molecule has 1 aliphatic heterocycles. The Kier molecular flexibility index (Phi) is 6.48. The van der Waals surface area contributed by atoms with Gasteiger partial charge in [-0.05, 0) is 30.7 Å². The highest BCUT2D eigenvalue weighted by Crippen LogP contribution is 2.22. The summed E-state index contributed by atoms with van der Waals surface area (Å²) < 4.78 is 0.